The van der Waals surface area contributed by atoms with E-state index in [1.165, 1.54) is 0 Å². The number of aromatic nitrogens is 2. The number of para-hydroxylation sites is 1. The summed E-state index contributed by atoms with van der Waals surface area (Å²) in [5.74, 6) is 0.993. The Labute approximate surface area is 181 Å². The molecular weight excluding hydrogens is 396 g/mol. The second kappa shape index (κ2) is 9.89. The van der Waals surface area contributed by atoms with Crippen molar-refractivity contribution in [3.8, 4) is 5.75 Å². The minimum atomic E-state index is -0.266. The zero-order valence-corrected chi connectivity index (χ0v) is 18.0. The summed E-state index contributed by atoms with van der Waals surface area (Å²) < 4.78 is 15.7. The number of benzene rings is 1. The van der Waals surface area contributed by atoms with Crippen LogP contribution in [0, 0.1) is 0 Å². The number of carbonyl (C=O) groups excluding carboxylic acids is 1. The molecule has 0 saturated carbocycles. The number of pyridine rings is 1. The summed E-state index contributed by atoms with van der Waals surface area (Å²) in [7, 11) is 3.26. The van der Waals surface area contributed by atoms with Gasteiger partial charge in [0.15, 0.2) is 0 Å². The Bertz CT molecular complexity index is 1040. The number of rotatable bonds is 8. The molecule has 0 bridgehead atoms. The molecule has 0 radical (unpaired) electrons. The van der Waals surface area contributed by atoms with Gasteiger partial charge >= 0.3 is 0 Å². The van der Waals surface area contributed by atoms with E-state index < -0.39 is 0 Å². The van der Waals surface area contributed by atoms with Crippen LogP contribution in [0.3, 0.4) is 0 Å². The lowest BCUT2D eigenvalue weighted by atomic mass is 9.94. The minimum absolute atomic E-state index is 0.230. The van der Waals surface area contributed by atoms with Gasteiger partial charge in [-0.3, -0.25) is 9.69 Å². The van der Waals surface area contributed by atoms with Crippen molar-refractivity contribution in [3.05, 3.63) is 53.5 Å². The number of nitrogens with zero attached hydrogens (tertiary/aromatic N) is 3. The molecule has 1 atom stereocenters. The van der Waals surface area contributed by atoms with E-state index in [2.05, 4.69) is 27.5 Å². The van der Waals surface area contributed by atoms with Crippen LogP contribution in [0.1, 0.15) is 40.7 Å². The molecule has 1 aliphatic heterocycles. The van der Waals surface area contributed by atoms with E-state index in [4.69, 9.17) is 19.0 Å². The number of ether oxygens (including phenoxy) is 2. The highest BCUT2D eigenvalue weighted by atomic mass is 16.5. The highest BCUT2D eigenvalue weighted by Crippen LogP contribution is 2.28. The van der Waals surface area contributed by atoms with Crippen LogP contribution >= 0.6 is 0 Å². The van der Waals surface area contributed by atoms with Gasteiger partial charge in [-0.1, -0.05) is 23.4 Å². The lowest BCUT2D eigenvalue weighted by Crippen LogP contribution is -2.34. The molecule has 1 saturated heterocycles. The molecule has 8 heteroatoms. The van der Waals surface area contributed by atoms with E-state index in [9.17, 15) is 4.79 Å². The molecule has 164 valence electrons. The van der Waals surface area contributed by atoms with Gasteiger partial charge in [-0.25, -0.2) is 4.98 Å². The topological polar surface area (TPSA) is 89.7 Å². The monoisotopic (exact) mass is 424 g/mol. The van der Waals surface area contributed by atoms with Gasteiger partial charge in [-0.05, 0) is 31.5 Å². The Kier molecular flexibility index (Phi) is 6.79. The third-order valence-electron chi connectivity index (χ3n) is 5.61. The van der Waals surface area contributed by atoms with E-state index in [1.54, 1.807) is 20.3 Å². The molecule has 1 fully saturated rings. The van der Waals surface area contributed by atoms with Gasteiger partial charge in [-0.2, -0.15) is 0 Å². The fourth-order valence-electron chi connectivity index (χ4n) is 4.02. The molecule has 1 amide bonds. The molecule has 2 aromatic heterocycles. The van der Waals surface area contributed by atoms with Crippen molar-refractivity contribution < 1.29 is 18.8 Å². The van der Waals surface area contributed by atoms with Crippen LogP contribution in [0.4, 0.5) is 0 Å². The predicted molar refractivity (Wildman–Crippen MR) is 116 cm³/mol. The van der Waals surface area contributed by atoms with Gasteiger partial charge in [0.25, 0.3) is 5.91 Å². The lowest BCUT2D eigenvalue weighted by molar-refractivity contribution is 0.0900. The van der Waals surface area contributed by atoms with Gasteiger partial charge < -0.3 is 19.3 Å². The van der Waals surface area contributed by atoms with E-state index >= 15 is 0 Å². The first kappa shape index (κ1) is 21.3. The van der Waals surface area contributed by atoms with Gasteiger partial charge in [0.05, 0.1) is 25.1 Å². The van der Waals surface area contributed by atoms with Crippen LogP contribution in [-0.4, -0.2) is 61.4 Å². The smallest absolute Gasteiger partial charge is 0.289 e. The van der Waals surface area contributed by atoms with Crippen molar-refractivity contribution >= 4 is 16.8 Å². The molecule has 4 rings (SSSR count). The molecule has 0 unspecified atom stereocenters. The average molecular weight is 425 g/mol. The van der Waals surface area contributed by atoms with Crippen molar-refractivity contribution in [1.29, 1.82) is 0 Å². The molecular formula is C23H28N4O4. The third-order valence-corrected chi connectivity index (χ3v) is 5.61. The average Bonchev–Trinajstić information content (AvgIpc) is 3.29. The summed E-state index contributed by atoms with van der Waals surface area (Å²) in [5, 5.41) is 7.99. The zero-order chi connectivity index (χ0) is 21.6. The summed E-state index contributed by atoms with van der Waals surface area (Å²) in [4.78, 5) is 19.4. The van der Waals surface area contributed by atoms with Gasteiger partial charge in [-0.15, -0.1) is 0 Å². The summed E-state index contributed by atoms with van der Waals surface area (Å²) in [5.41, 5.74) is 2.72. The highest BCUT2D eigenvalue weighted by molar-refractivity contribution is 5.91. The number of methoxy groups -OCH3 is 2. The molecule has 8 nitrogen and oxygen atoms in total. The van der Waals surface area contributed by atoms with Gasteiger partial charge in [0, 0.05) is 44.1 Å². The van der Waals surface area contributed by atoms with Crippen molar-refractivity contribution in [1.82, 2.24) is 20.4 Å². The Morgan fingerprint density at radius 1 is 1.29 bits per heavy atom. The maximum atomic E-state index is 12.2. The number of carbonyl (C=O) groups is 1. The molecule has 1 aliphatic rings. The van der Waals surface area contributed by atoms with E-state index in [1.807, 2.05) is 18.2 Å². The minimum Gasteiger partial charge on any atom is -0.494 e. The Morgan fingerprint density at radius 2 is 2.19 bits per heavy atom. The Balaban J connectivity index is 1.41. The first-order valence-corrected chi connectivity index (χ1v) is 10.6. The highest BCUT2D eigenvalue weighted by Gasteiger charge is 2.25. The summed E-state index contributed by atoms with van der Waals surface area (Å²) in [6.07, 6.45) is 2.08. The maximum Gasteiger partial charge on any atom is 0.289 e. The normalized spacial score (nSPS) is 17.0. The van der Waals surface area contributed by atoms with Crippen LogP contribution in [0.2, 0.25) is 0 Å². The standard InChI is InChI=1S/C23H28N4O4/c1-29-12-10-24-23(28)21-13-19(26-31-21)17-6-4-11-27(14-17)15-18-9-8-16-5-3-7-20(30-2)22(16)25-18/h3,5,7-9,13,17H,4,6,10-12,14-15H2,1-2H3,(H,24,28)/t17-/m0/s1. The van der Waals surface area contributed by atoms with Crippen molar-refractivity contribution in [3.63, 3.8) is 0 Å². The Morgan fingerprint density at radius 3 is 3.03 bits per heavy atom. The molecule has 1 N–H and O–H groups in total. The molecule has 31 heavy (non-hydrogen) atoms. The van der Waals surface area contributed by atoms with Crippen LogP contribution in [0.5, 0.6) is 5.75 Å². The van der Waals surface area contributed by atoms with Crippen LogP contribution < -0.4 is 10.1 Å². The second-order valence-electron chi connectivity index (χ2n) is 7.77. The first-order valence-electron chi connectivity index (χ1n) is 10.6. The molecule has 1 aromatic carbocycles. The van der Waals surface area contributed by atoms with E-state index in [-0.39, 0.29) is 17.6 Å². The number of likely N-dealkylation sites (tertiary alicyclic amines) is 1. The fourth-order valence-corrected chi connectivity index (χ4v) is 4.02. The quantitative estimate of drug-likeness (QED) is 0.556. The SMILES string of the molecule is COCCNC(=O)c1cc([C@H]2CCCN(Cc3ccc4cccc(OC)c4n3)C2)no1. The van der Waals surface area contributed by atoms with Gasteiger partial charge in [0.1, 0.15) is 11.3 Å². The number of amides is 1. The first-order chi connectivity index (χ1) is 15.2. The summed E-state index contributed by atoms with van der Waals surface area (Å²) in [6, 6.07) is 11.9. The van der Waals surface area contributed by atoms with Crippen molar-refractivity contribution in [2.24, 2.45) is 0 Å². The number of nitrogens with one attached hydrogen (secondary N) is 1. The van der Waals surface area contributed by atoms with Crippen molar-refractivity contribution in [2.75, 3.05) is 40.5 Å². The van der Waals surface area contributed by atoms with Gasteiger partial charge in [0.2, 0.25) is 5.76 Å². The fraction of sp³-hybridized carbons (Fsp3) is 0.435. The summed E-state index contributed by atoms with van der Waals surface area (Å²) >= 11 is 0. The molecule has 3 heterocycles. The summed E-state index contributed by atoms with van der Waals surface area (Å²) in [6.45, 7) is 3.51. The molecule has 0 aliphatic carbocycles. The van der Waals surface area contributed by atoms with Crippen molar-refractivity contribution in [2.45, 2.75) is 25.3 Å². The zero-order valence-electron chi connectivity index (χ0n) is 18.0. The third kappa shape index (κ3) is 5.03. The number of hydrogen-bond acceptors (Lipinski definition) is 7. The number of fused-ring (bicyclic) bond motifs is 1. The molecule has 0 spiro atoms. The number of hydrogen-bond donors (Lipinski definition) is 1. The molecule has 3 aromatic rings. The lowest BCUT2D eigenvalue weighted by Gasteiger charge is -2.31. The van der Waals surface area contributed by atoms with E-state index in [0.717, 1.165) is 60.5 Å². The van der Waals surface area contributed by atoms with E-state index in [0.29, 0.717) is 13.2 Å². The van der Waals surface area contributed by atoms with Crippen LogP contribution in [0.25, 0.3) is 10.9 Å². The van der Waals surface area contributed by atoms with Crippen LogP contribution in [0.15, 0.2) is 40.9 Å². The predicted octanol–water partition coefficient (Wildman–Crippen LogP) is 2.99. The second-order valence-corrected chi connectivity index (χ2v) is 7.77. The van der Waals surface area contributed by atoms with Crippen LogP contribution in [-0.2, 0) is 11.3 Å². The maximum absolute atomic E-state index is 12.2. The largest absolute Gasteiger partial charge is 0.494 e. The Hall–Kier alpha value is -2.97. The number of piperidine rings is 1.